The van der Waals surface area contributed by atoms with Gasteiger partial charge in [-0.3, -0.25) is 0 Å². The molecule has 2 N–H and O–H groups in total. The van der Waals surface area contributed by atoms with E-state index in [4.69, 9.17) is 21.8 Å². The molecule has 0 rings (SSSR count). The van der Waals surface area contributed by atoms with Gasteiger partial charge in [-0.2, -0.15) is 0 Å². The van der Waals surface area contributed by atoms with Crippen molar-refractivity contribution in [3.8, 4) is 0 Å². The van der Waals surface area contributed by atoms with Crippen molar-refractivity contribution in [3.05, 3.63) is 0 Å². The molecule has 0 saturated heterocycles. The molecule has 0 aliphatic heterocycles. The van der Waals surface area contributed by atoms with Crippen LogP contribution in [0.1, 0.15) is 6.42 Å². The third-order valence-electron chi connectivity index (χ3n) is 0.367. The molecule has 0 fully saturated rings. The number of aliphatic hydroxyl groups excluding tert-OH is 2. The van der Waals surface area contributed by atoms with Gasteiger partial charge in [0.15, 0.2) is 0 Å². The van der Waals surface area contributed by atoms with Gasteiger partial charge in [-0.25, -0.2) is 0 Å². The van der Waals surface area contributed by atoms with Crippen LogP contribution in [0.2, 0.25) is 0 Å². The van der Waals surface area contributed by atoms with E-state index >= 15 is 0 Å². The van der Waals surface area contributed by atoms with E-state index in [-0.39, 0.29) is 13.2 Å². The summed E-state index contributed by atoms with van der Waals surface area (Å²) in [5.74, 6) is 0.769. The van der Waals surface area contributed by atoms with E-state index in [1.54, 1.807) is 0 Å². The predicted molar refractivity (Wildman–Crippen MR) is 43.3 cm³/mol. The molecule has 0 bridgehead atoms. The van der Waals surface area contributed by atoms with Gasteiger partial charge in [-0.1, -0.05) is 15.9 Å². The van der Waals surface area contributed by atoms with Crippen molar-refractivity contribution >= 4 is 27.5 Å². The molecule has 9 heavy (non-hydrogen) atoms. The zero-order valence-corrected chi connectivity index (χ0v) is 7.53. The van der Waals surface area contributed by atoms with Crippen LogP contribution in [0.5, 0.6) is 0 Å². The number of halogens is 2. The van der Waals surface area contributed by atoms with Crippen molar-refractivity contribution in [2.24, 2.45) is 0 Å². The first-order chi connectivity index (χ1) is 4.33. The zero-order chi connectivity index (χ0) is 7.54. The second-order valence-electron chi connectivity index (χ2n) is 1.18. The van der Waals surface area contributed by atoms with E-state index in [9.17, 15) is 0 Å². The van der Waals surface area contributed by atoms with Crippen molar-refractivity contribution in [2.45, 2.75) is 6.42 Å². The highest BCUT2D eigenvalue weighted by molar-refractivity contribution is 9.09. The van der Waals surface area contributed by atoms with Gasteiger partial charge >= 0.3 is 0 Å². The Labute approximate surface area is 69.0 Å². The predicted octanol–water partition coefficient (Wildman–Crippen LogP) is 0.981. The van der Waals surface area contributed by atoms with Crippen LogP contribution in [-0.2, 0) is 0 Å². The SMILES string of the molecule is ClCCCBr.OCCO. The lowest BCUT2D eigenvalue weighted by Gasteiger charge is -1.75. The lowest BCUT2D eigenvalue weighted by atomic mass is 10.6. The van der Waals surface area contributed by atoms with Gasteiger partial charge in [0, 0.05) is 11.2 Å². The van der Waals surface area contributed by atoms with E-state index in [0.29, 0.717) is 0 Å². The first-order valence-electron chi connectivity index (χ1n) is 2.67. The lowest BCUT2D eigenvalue weighted by molar-refractivity contribution is 0.186. The summed E-state index contributed by atoms with van der Waals surface area (Å²) in [6, 6.07) is 0. The van der Waals surface area contributed by atoms with Crippen molar-refractivity contribution in [2.75, 3.05) is 24.4 Å². The maximum absolute atomic E-state index is 7.62. The summed E-state index contributed by atoms with van der Waals surface area (Å²) in [5.41, 5.74) is 0. The van der Waals surface area contributed by atoms with Gasteiger partial charge in [0.2, 0.25) is 0 Å². The van der Waals surface area contributed by atoms with Crippen molar-refractivity contribution < 1.29 is 10.2 Å². The Morgan fingerprint density at radius 2 is 1.67 bits per heavy atom. The minimum atomic E-state index is -0.125. The Balaban J connectivity index is 0. The summed E-state index contributed by atoms with van der Waals surface area (Å²) >= 11 is 8.50. The Bertz CT molecular complexity index is 34.1. The lowest BCUT2D eigenvalue weighted by Crippen LogP contribution is -1.85. The number of alkyl halides is 2. The van der Waals surface area contributed by atoms with Crippen LogP contribution in [0.15, 0.2) is 0 Å². The van der Waals surface area contributed by atoms with Crippen molar-refractivity contribution in [3.63, 3.8) is 0 Å². The maximum atomic E-state index is 7.62. The zero-order valence-electron chi connectivity index (χ0n) is 5.19. The quantitative estimate of drug-likeness (QED) is 0.695. The largest absolute Gasteiger partial charge is 0.394 e. The third-order valence-corrected chi connectivity index (χ3v) is 1.20. The highest BCUT2D eigenvalue weighted by Gasteiger charge is 1.71. The van der Waals surface area contributed by atoms with E-state index < -0.39 is 0 Å². The Kier molecular flexibility index (Phi) is 21.8. The number of aliphatic hydroxyl groups is 2. The van der Waals surface area contributed by atoms with Crippen molar-refractivity contribution in [1.29, 1.82) is 0 Å². The molecule has 0 aromatic carbocycles. The summed E-state index contributed by atoms with van der Waals surface area (Å²) in [6.45, 7) is -0.250. The van der Waals surface area contributed by atoms with Gasteiger partial charge in [0.05, 0.1) is 13.2 Å². The van der Waals surface area contributed by atoms with Crippen LogP contribution in [0.3, 0.4) is 0 Å². The minimum Gasteiger partial charge on any atom is -0.394 e. The van der Waals surface area contributed by atoms with Crippen LogP contribution in [0.4, 0.5) is 0 Å². The van der Waals surface area contributed by atoms with Gasteiger partial charge in [0.25, 0.3) is 0 Å². The average Bonchev–Trinajstić information content (AvgIpc) is 1.91. The smallest absolute Gasteiger partial charge is 0.0662 e. The molecule has 0 heterocycles. The Hall–Kier alpha value is 0.690. The van der Waals surface area contributed by atoms with Gasteiger partial charge in [0.1, 0.15) is 0 Å². The van der Waals surface area contributed by atoms with Crippen LogP contribution in [0, 0.1) is 0 Å². The van der Waals surface area contributed by atoms with Crippen LogP contribution < -0.4 is 0 Å². The first-order valence-corrected chi connectivity index (χ1v) is 4.32. The van der Waals surface area contributed by atoms with Crippen molar-refractivity contribution in [1.82, 2.24) is 0 Å². The molecule has 0 spiro atoms. The molecular formula is C5H12BrClO2. The second-order valence-corrected chi connectivity index (χ2v) is 2.35. The molecule has 0 unspecified atom stereocenters. The second kappa shape index (κ2) is 15.9. The number of hydrogen-bond acceptors (Lipinski definition) is 2. The van der Waals surface area contributed by atoms with E-state index in [1.807, 2.05) is 0 Å². The molecule has 0 saturated carbocycles. The number of rotatable bonds is 3. The molecule has 0 aliphatic rings. The molecule has 58 valence electrons. The molecule has 0 atom stereocenters. The van der Waals surface area contributed by atoms with E-state index in [1.165, 1.54) is 0 Å². The highest BCUT2D eigenvalue weighted by atomic mass is 79.9. The molecule has 0 aliphatic carbocycles. The van der Waals surface area contributed by atoms with E-state index in [2.05, 4.69) is 15.9 Å². The highest BCUT2D eigenvalue weighted by Crippen LogP contribution is 1.87. The number of hydrogen-bond donors (Lipinski definition) is 2. The standard InChI is InChI=1S/C3H6BrCl.C2H6O2/c4-2-1-3-5;3-1-2-4/h1-3H2;3-4H,1-2H2. The fourth-order valence-corrected chi connectivity index (χ4v) is 0.787. The fourth-order valence-electron chi connectivity index (χ4n) is 0.0505. The fraction of sp³-hybridized carbons (Fsp3) is 1.00. The molecule has 0 aromatic heterocycles. The summed E-state index contributed by atoms with van der Waals surface area (Å²) in [5, 5.41) is 16.3. The van der Waals surface area contributed by atoms with Crippen LogP contribution >= 0.6 is 27.5 Å². The summed E-state index contributed by atoms with van der Waals surface area (Å²) in [7, 11) is 0. The minimum absolute atomic E-state index is 0.125. The normalized spacial score (nSPS) is 8.00. The Morgan fingerprint density at radius 1 is 1.22 bits per heavy atom. The summed E-state index contributed by atoms with van der Waals surface area (Å²) in [6.07, 6.45) is 1.07. The molecule has 0 aromatic rings. The molecule has 4 heteroatoms. The summed E-state index contributed by atoms with van der Waals surface area (Å²) < 4.78 is 0. The summed E-state index contributed by atoms with van der Waals surface area (Å²) in [4.78, 5) is 0. The van der Waals surface area contributed by atoms with Gasteiger partial charge in [-0.15, -0.1) is 11.6 Å². The molecule has 2 nitrogen and oxygen atoms in total. The Morgan fingerprint density at radius 3 is 1.67 bits per heavy atom. The molecule has 0 amide bonds. The first kappa shape index (κ1) is 12.4. The topological polar surface area (TPSA) is 40.5 Å². The van der Waals surface area contributed by atoms with Gasteiger partial charge in [-0.05, 0) is 6.42 Å². The molecule has 0 radical (unpaired) electrons. The molecular weight excluding hydrogens is 207 g/mol. The van der Waals surface area contributed by atoms with E-state index in [0.717, 1.165) is 17.6 Å². The maximum Gasteiger partial charge on any atom is 0.0662 e. The van der Waals surface area contributed by atoms with Gasteiger partial charge < -0.3 is 10.2 Å². The monoisotopic (exact) mass is 218 g/mol. The third kappa shape index (κ3) is 28.6. The average molecular weight is 220 g/mol. The van der Waals surface area contributed by atoms with Crippen LogP contribution in [-0.4, -0.2) is 34.6 Å². The van der Waals surface area contributed by atoms with Crippen LogP contribution in [0.25, 0.3) is 0 Å².